The molecule has 1 heterocycles. The van der Waals surface area contributed by atoms with Crippen molar-refractivity contribution in [3.05, 3.63) is 59.7 Å². The van der Waals surface area contributed by atoms with Crippen LogP contribution in [-0.2, 0) is 6.54 Å². The number of hydrogen-bond donors (Lipinski definition) is 1. The van der Waals surface area contributed by atoms with Crippen molar-refractivity contribution in [2.45, 2.75) is 19.0 Å². The summed E-state index contributed by atoms with van der Waals surface area (Å²) in [6.45, 7) is 4.56. The third-order valence-electron chi connectivity index (χ3n) is 5.26. The van der Waals surface area contributed by atoms with E-state index in [4.69, 9.17) is 9.47 Å². The molecule has 0 spiro atoms. The highest BCUT2D eigenvalue weighted by Gasteiger charge is 2.26. The molecule has 0 aliphatic carbocycles. The predicted molar refractivity (Wildman–Crippen MR) is 115 cm³/mol. The van der Waals surface area contributed by atoms with E-state index in [0.29, 0.717) is 6.04 Å². The van der Waals surface area contributed by atoms with Gasteiger partial charge in [-0.3, -0.25) is 9.80 Å². The fourth-order valence-corrected chi connectivity index (χ4v) is 3.70. The van der Waals surface area contributed by atoms with Crippen molar-refractivity contribution >= 4 is 0 Å². The van der Waals surface area contributed by atoms with Gasteiger partial charge in [0.25, 0.3) is 0 Å². The Kier molecular flexibility index (Phi) is 7.94. The molecule has 154 valence electrons. The van der Waals surface area contributed by atoms with Crippen molar-refractivity contribution in [2.75, 3.05) is 47.0 Å². The lowest BCUT2D eigenvalue weighted by Gasteiger charge is -2.41. The molecule has 1 N–H and O–H groups in total. The highest BCUT2D eigenvalue weighted by Crippen LogP contribution is 2.25. The Morgan fingerprint density at radius 2 is 1.76 bits per heavy atom. The number of aliphatic hydroxyl groups excluding tert-OH is 1. The Balaban J connectivity index is 1.62. The number of methoxy groups -OCH3 is 2. The first-order valence-corrected chi connectivity index (χ1v) is 10.0. The first kappa shape index (κ1) is 21.2. The quantitative estimate of drug-likeness (QED) is 0.732. The maximum Gasteiger partial charge on any atom is 0.122 e. The standard InChI is InChI=1S/C24H30N2O3/c1-28-23-15-21(16-24(17-23)29-2)18-26-13-12-25(19-22(26)10-14-27)11-6-9-20-7-4-3-5-8-20/h3-5,7-8,15-17,22,27H,10-14,18-19H2,1-2H3/t22-/m0/s1. The van der Waals surface area contributed by atoms with Gasteiger partial charge in [0.05, 0.1) is 20.8 Å². The van der Waals surface area contributed by atoms with Crippen LogP contribution in [0.15, 0.2) is 48.5 Å². The smallest absolute Gasteiger partial charge is 0.122 e. The monoisotopic (exact) mass is 394 g/mol. The molecular formula is C24H30N2O3. The maximum absolute atomic E-state index is 9.56. The van der Waals surface area contributed by atoms with Gasteiger partial charge in [-0.15, -0.1) is 0 Å². The number of rotatable bonds is 7. The molecule has 0 bridgehead atoms. The molecule has 0 unspecified atom stereocenters. The second-order valence-electron chi connectivity index (χ2n) is 7.26. The molecule has 2 aromatic rings. The van der Waals surface area contributed by atoms with Gasteiger partial charge in [-0.1, -0.05) is 30.0 Å². The van der Waals surface area contributed by atoms with Crippen LogP contribution in [-0.4, -0.2) is 68.0 Å². The number of piperazine rings is 1. The van der Waals surface area contributed by atoms with Crippen molar-refractivity contribution in [3.63, 3.8) is 0 Å². The van der Waals surface area contributed by atoms with Crippen LogP contribution < -0.4 is 9.47 Å². The first-order valence-electron chi connectivity index (χ1n) is 10.0. The number of ether oxygens (including phenoxy) is 2. The minimum Gasteiger partial charge on any atom is -0.497 e. The molecule has 3 rings (SSSR count). The molecule has 0 amide bonds. The minimum absolute atomic E-state index is 0.187. The van der Waals surface area contributed by atoms with E-state index in [1.165, 1.54) is 0 Å². The van der Waals surface area contributed by atoms with Crippen molar-refractivity contribution in [1.29, 1.82) is 0 Å². The third kappa shape index (κ3) is 6.23. The maximum atomic E-state index is 9.56. The van der Waals surface area contributed by atoms with E-state index in [0.717, 1.165) is 61.8 Å². The molecular weight excluding hydrogens is 364 g/mol. The van der Waals surface area contributed by atoms with Crippen LogP contribution in [0.2, 0.25) is 0 Å². The summed E-state index contributed by atoms with van der Waals surface area (Å²) in [5, 5.41) is 9.56. The van der Waals surface area contributed by atoms with E-state index in [1.54, 1.807) is 14.2 Å². The molecule has 1 atom stereocenters. The SMILES string of the molecule is COc1cc(CN2CCN(CC#Cc3ccccc3)C[C@@H]2CCO)cc(OC)c1. The van der Waals surface area contributed by atoms with Crippen molar-refractivity contribution in [2.24, 2.45) is 0 Å². The predicted octanol–water partition coefficient (Wildman–Crippen LogP) is 2.62. The number of hydrogen-bond acceptors (Lipinski definition) is 5. The fourth-order valence-electron chi connectivity index (χ4n) is 3.70. The van der Waals surface area contributed by atoms with Gasteiger partial charge in [0, 0.05) is 50.5 Å². The summed E-state index contributed by atoms with van der Waals surface area (Å²) < 4.78 is 10.8. The van der Waals surface area contributed by atoms with Gasteiger partial charge in [-0.25, -0.2) is 0 Å². The van der Waals surface area contributed by atoms with Gasteiger partial charge >= 0.3 is 0 Å². The van der Waals surface area contributed by atoms with E-state index in [-0.39, 0.29) is 6.61 Å². The second kappa shape index (κ2) is 10.9. The Labute approximate surface area is 173 Å². The zero-order valence-electron chi connectivity index (χ0n) is 17.3. The Morgan fingerprint density at radius 1 is 1.03 bits per heavy atom. The average Bonchev–Trinajstić information content (AvgIpc) is 2.76. The largest absolute Gasteiger partial charge is 0.497 e. The summed E-state index contributed by atoms with van der Waals surface area (Å²) >= 11 is 0. The Morgan fingerprint density at radius 3 is 2.41 bits per heavy atom. The lowest BCUT2D eigenvalue weighted by atomic mass is 10.1. The normalized spacial score (nSPS) is 17.4. The van der Waals surface area contributed by atoms with Crippen LogP contribution in [0.5, 0.6) is 11.5 Å². The lowest BCUT2D eigenvalue weighted by Crippen LogP contribution is -2.52. The molecule has 1 saturated heterocycles. The van der Waals surface area contributed by atoms with E-state index in [1.807, 2.05) is 36.4 Å². The van der Waals surface area contributed by atoms with Crippen LogP contribution in [0.25, 0.3) is 0 Å². The molecule has 0 saturated carbocycles. The van der Waals surface area contributed by atoms with E-state index in [9.17, 15) is 5.11 Å². The minimum atomic E-state index is 0.187. The number of benzene rings is 2. The Bertz CT molecular complexity index is 807. The van der Waals surface area contributed by atoms with Gasteiger partial charge in [0.2, 0.25) is 0 Å². The molecule has 1 aliphatic rings. The van der Waals surface area contributed by atoms with Gasteiger partial charge in [-0.05, 0) is 36.2 Å². The Hall–Kier alpha value is -2.52. The molecule has 5 heteroatoms. The number of nitrogens with zero attached hydrogens (tertiary/aromatic N) is 2. The van der Waals surface area contributed by atoms with E-state index in [2.05, 4.69) is 33.8 Å². The summed E-state index contributed by atoms with van der Waals surface area (Å²) in [7, 11) is 3.34. The molecule has 2 aromatic carbocycles. The summed E-state index contributed by atoms with van der Waals surface area (Å²) in [5.41, 5.74) is 2.20. The van der Waals surface area contributed by atoms with Crippen molar-refractivity contribution in [3.8, 4) is 23.3 Å². The molecule has 5 nitrogen and oxygen atoms in total. The molecule has 0 aromatic heterocycles. The van der Waals surface area contributed by atoms with Crippen LogP contribution in [0.4, 0.5) is 0 Å². The molecule has 1 fully saturated rings. The topological polar surface area (TPSA) is 45.2 Å². The number of aliphatic hydroxyl groups is 1. The zero-order chi connectivity index (χ0) is 20.5. The highest BCUT2D eigenvalue weighted by atomic mass is 16.5. The summed E-state index contributed by atoms with van der Waals surface area (Å²) in [5.74, 6) is 8.12. The van der Waals surface area contributed by atoms with Crippen LogP contribution in [0.3, 0.4) is 0 Å². The fraction of sp³-hybridized carbons (Fsp3) is 0.417. The van der Waals surface area contributed by atoms with Crippen LogP contribution >= 0.6 is 0 Å². The van der Waals surface area contributed by atoms with Crippen LogP contribution in [0, 0.1) is 11.8 Å². The second-order valence-corrected chi connectivity index (χ2v) is 7.26. The first-order chi connectivity index (χ1) is 14.2. The summed E-state index contributed by atoms with van der Waals surface area (Å²) in [4.78, 5) is 4.81. The van der Waals surface area contributed by atoms with E-state index < -0.39 is 0 Å². The highest BCUT2D eigenvalue weighted by molar-refractivity contribution is 5.38. The average molecular weight is 395 g/mol. The molecule has 29 heavy (non-hydrogen) atoms. The van der Waals surface area contributed by atoms with Gasteiger partial charge in [0.15, 0.2) is 0 Å². The van der Waals surface area contributed by atoms with Crippen LogP contribution in [0.1, 0.15) is 17.5 Å². The van der Waals surface area contributed by atoms with Gasteiger partial charge < -0.3 is 14.6 Å². The third-order valence-corrected chi connectivity index (χ3v) is 5.26. The summed E-state index contributed by atoms with van der Waals surface area (Å²) in [6.07, 6.45) is 0.754. The molecule has 1 aliphatic heterocycles. The lowest BCUT2D eigenvalue weighted by molar-refractivity contribution is 0.0605. The van der Waals surface area contributed by atoms with E-state index >= 15 is 0 Å². The zero-order valence-corrected chi connectivity index (χ0v) is 17.3. The molecule has 0 radical (unpaired) electrons. The van der Waals surface area contributed by atoms with Gasteiger partial charge in [-0.2, -0.15) is 0 Å². The van der Waals surface area contributed by atoms with Gasteiger partial charge in [0.1, 0.15) is 11.5 Å². The van der Waals surface area contributed by atoms with Crippen molar-refractivity contribution in [1.82, 2.24) is 9.80 Å². The summed E-state index contributed by atoms with van der Waals surface area (Å²) in [6, 6.07) is 16.4. The van der Waals surface area contributed by atoms with Crippen molar-refractivity contribution < 1.29 is 14.6 Å².